The molecule has 2 unspecified atom stereocenters. The fourth-order valence-electron chi connectivity index (χ4n) is 3.10. The van der Waals surface area contributed by atoms with Gasteiger partial charge in [-0.15, -0.1) is 0 Å². The minimum Gasteiger partial charge on any atom is -0.292 e. The first-order valence-corrected chi connectivity index (χ1v) is 6.58. The van der Waals surface area contributed by atoms with Gasteiger partial charge in [0.25, 0.3) is 0 Å². The lowest BCUT2D eigenvalue weighted by molar-refractivity contribution is -0.142. The number of carbonyl (C=O) groups excluding carboxylic acids is 3. The van der Waals surface area contributed by atoms with E-state index in [1.54, 1.807) is 0 Å². The minimum absolute atomic E-state index is 0.322. The summed E-state index contributed by atoms with van der Waals surface area (Å²) in [5.74, 6) is -4.03. The first-order valence-electron chi connectivity index (χ1n) is 6.58. The van der Waals surface area contributed by atoms with Crippen molar-refractivity contribution < 1.29 is 23.2 Å². The molecule has 0 radical (unpaired) electrons. The zero-order chi connectivity index (χ0) is 15.5. The van der Waals surface area contributed by atoms with Crippen molar-refractivity contribution in [3.63, 3.8) is 0 Å². The third-order valence-electron chi connectivity index (χ3n) is 4.42. The quantitative estimate of drug-likeness (QED) is 0.630. The van der Waals surface area contributed by atoms with Crippen LogP contribution in [-0.4, -0.2) is 29.0 Å². The maximum atomic E-state index is 13.5. The number of carbonyl (C=O) groups is 3. The van der Waals surface area contributed by atoms with E-state index in [2.05, 4.69) is 0 Å². The zero-order valence-corrected chi connectivity index (χ0v) is 11.5. The van der Waals surface area contributed by atoms with Crippen molar-refractivity contribution in [2.45, 2.75) is 13.8 Å². The largest absolute Gasteiger partial charge is 0.292 e. The molecule has 0 N–H and O–H groups in total. The lowest BCUT2D eigenvalue weighted by atomic mass is 10.0. The highest BCUT2D eigenvalue weighted by molar-refractivity contribution is 6.13. The van der Waals surface area contributed by atoms with Crippen LogP contribution in [0.25, 0.3) is 0 Å². The monoisotopic (exact) mass is 293 g/mol. The topological polar surface area (TPSA) is 54.5 Å². The maximum absolute atomic E-state index is 13.5. The predicted octanol–water partition coefficient (Wildman–Crippen LogP) is 1.79. The summed E-state index contributed by atoms with van der Waals surface area (Å²) in [5.41, 5.74) is -0.675. The smallest absolute Gasteiger partial charge is 0.234 e. The molecule has 4 nitrogen and oxygen atoms in total. The number of benzene rings is 1. The van der Waals surface area contributed by atoms with E-state index in [0.717, 1.165) is 17.0 Å². The highest BCUT2D eigenvalue weighted by Crippen LogP contribution is 2.63. The van der Waals surface area contributed by atoms with Gasteiger partial charge in [-0.05, 0) is 17.5 Å². The van der Waals surface area contributed by atoms with Crippen molar-refractivity contribution in [1.29, 1.82) is 0 Å². The van der Waals surface area contributed by atoms with Crippen LogP contribution in [-0.2, 0) is 9.59 Å². The molecule has 1 aromatic rings. The Bertz CT molecular complexity index is 659. The fourth-order valence-corrected chi connectivity index (χ4v) is 3.10. The second-order valence-electron chi connectivity index (χ2n) is 6.09. The Labute approximate surface area is 119 Å². The van der Waals surface area contributed by atoms with Gasteiger partial charge in [0, 0.05) is 6.07 Å². The van der Waals surface area contributed by atoms with E-state index in [-0.39, 0.29) is 34.6 Å². The third kappa shape index (κ3) is 1.89. The van der Waals surface area contributed by atoms with Gasteiger partial charge in [-0.3, -0.25) is 19.3 Å². The van der Waals surface area contributed by atoms with Crippen molar-refractivity contribution in [3.05, 3.63) is 35.4 Å². The minimum atomic E-state index is -0.996. The van der Waals surface area contributed by atoms with Gasteiger partial charge in [-0.25, -0.2) is 8.78 Å². The van der Waals surface area contributed by atoms with Gasteiger partial charge in [0.05, 0.1) is 23.9 Å². The first kappa shape index (κ1) is 13.9. The maximum Gasteiger partial charge on any atom is 0.234 e. The van der Waals surface area contributed by atoms with Gasteiger partial charge >= 0.3 is 0 Å². The molecule has 1 heterocycles. The van der Waals surface area contributed by atoms with Crippen LogP contribution in [0.5, 0.6) is 0 Å². The zero-order valence-electron chi connectivity index (χ0n) is 11.5. The second kappa shape index (κ2) is 4.19. The number of rotatable bonds is 3. The number of likely N-dealkylation sites (tertiary alicyclic amines) is 1. The summed E-state index contributed by atoms with van der Waals surface area (Å²) < 4.78 is 26.3. The Kier molecular flexibility index (Phi) is 2.77. The molecule has 0 aromatic heterocycles. The van der Waals surface area contributed by atoms with Crippen molar-refractivity contribution in [2.24, 2.45) is 17.3 Å². The molecule has 1 saturated heterocycles. The molecule has 1 aromatic carbocycles. The van der Waals surface area contributed by atoms with E-state index in [4.69, 9.17) is 0 Å². The molecule has 2 amide bonds. The van der Waals surface area contributed by atoms with Gasteiger partial charge in [0.15, 0.2) is 5.78 Å². The average Bonchev–Trinajstić information content (AvgIpc) is 2.86. The van der Waals surface area contributed by atoms with Crippen LogP contribution in [0.3, 0.4) is 0 Å². The predicted molar refractivity (Wildman–Crippen MR) is 68.2 cm³/mol. The summed E-state index contributed by atoms with van der Waals surface area (Å²) in [7, 11) is 0. The molecule has 1 saturated carbocycles. The molecular weight excluding hydrogens is 280 g/mol. The SMILES string of the molecule is CC1(C)C2C(=O)N(CC(=O)c3ccc(F)cc3F)C(=O)C21. The molecule has 0 bridgehead atoms. The lowest BCUT2D eigenvalue weighted by Crippen LogP contribution is -2.40. The molecule has 0 spiro atoms. The van der Waals surface area contributed by atoms with E-state index in [0.29, 0.717) is 6.07 Å². The number of fused-ring (bicyclic) bond motifs is 1. The summed E-state index contributed by atoms with van der Waals surface area (Å²) >= 11 is 0. The summed E-state index contributed by atoms with van der Waals surface area (Å²) in [4.78, 5) is 37.0. The van der Waals surface area contributed by atoms with Crippen molar-refractivity contribution in [2.75, 3.05) is 6.54 Å². The van der Waals surface area contributed by atoms with Crippen LogP contribution in [0.1, 0.15) is 24.2 Å². The van der Waals surface area contributed by atoms with Gasteiger partial charge < -0.3 is 0 Å². The molecule has 2 fully saturated rings. The van der Waals surface area contributed by atoms with Crippen LogP contribution in [0, 0.1) is 28.9 Å². The first-order chi connectivity index (χ1) is 9.75. The molecule has 110 valence electrons. The number of nitrogens with zero attached hydrogens (tertiary/aromatic N) is 1. The van der Waals surface area contributed by atoms with E-state index >= 15 is 0 Å². The number of ketones is 1. The Hall–Kier alpha value is -2.11. The van der Waals surface area contributed by atoms with Gasteiger partial charge in [0.1, 0.15) is 11.6 Å². The summed E-state index contributed by atoms with van der Waals surface area (Å²) in [5, 5.41) is 0. The number of hydrogen-bond donors (Lipinski definition) is 0. The van der Waals surface area contributed by atoms with E-state index in [1.807, 2.05) is 13.8 Å². The molecular formula is C15H13F2NO3. The van der Waals surface area contributed by atoms with Crippen LogP contribution in [0.4, 0.5) is 8.78 Å². The summed E-state index contributed by atoms with van der Waals surface area (Å²) in [6, 6.07) is 2.58. The van der Waals surface area contributed by atoms with Crippen LogP contribution in [0.15, 0.2) is 18.2 Å². The van der Waals surface area contributed by atoms with Crippen LogP contribution >= 0.6 is 0 Å². The number of piperidine rings is 1. The molecule has 3 rings (SSSR count). The van der Waals surface area contributed by atoms with Gasteiger partial charge in [-0.1, -0.05) is 13.8 Å². The molecule has 1 aliphatic carbocycles. The molecule has 2 atom stereocenters. The van der Waals surface area contributed by atoms with E-state index < -0.39 is 24.0 Å². The van der Waals surface area contributed by atoms with Crippen molar-refractivity contribution in [1.82, 2.24) is 4.90 Å². The summed E-state index contributed by atoms with van der Waals surface area (Å²) in [6.45, 7) is 3.16. The third-order valence-corrected chi connectivity index (χ3v) is 4.42. The highest BCUT2D eigenvalue weighted by atomic mass is 19.1. The molecule has 6 heteroatoms. The lowest BCUT2D eigenvalue weighted by Gasteiger charge is -2.19. The number of hydrogen-bond acceptors (Lipinski definition) is 3. The standard InChI is InChI=1S/C15H13F2NO3/c1-15(2)11-12(15)14(21)18(13(11)20)6-10(19)8-4-3-7(16)5-9(8)17/h3-5,11-12H,6H2,1-2H3. The van der Waals surface area contributed by atoms with E-state index in [1.165, 1.54) is 0 Å². The fraction of sp³-hybridized carbons (Fsp3) is 0.400. The molecule has 2 aliphatic rings. The average molecular weight is 293 g/mol. The van der Waals surface area contributed by atoms with Gasteiger partial charge in [-0.2, -0.15) is 0 Å². The van der Waals surface area contributed by atoms with Crippen molar-refractivity contribution in [3.8, 4) is 0 Å². The number of Topliss-reactive ketones (excluding diaryl/α,β-unsaturated/α-hetero) is 1. The Morgan fingerprint density at radius 2 is 1.76 bits per heavy atom. The number of amides is 2. The number of halogens is 2. The summed E-state index contributed by atoms with van der Waals surface area (Å²) in [6.07, 6.45) is 0. The van der Waals surface area contributed by atoms with Crippen LogP contribution < -0.4 is 0 Å². The molecule has 1 aliphatic heterocycles. The normalized spacial score (nSPS) is 26.0. The Morgan fingerprint density at radius 3 is 2.29 bits per heavy atom. The second-order valence-corrected chi connectivity index (χ2v) is 6.09. The van der Waals surface area contributed by atoms with Crippen molar-refractivity contribution >= 4 is 17.6 Å². The van der Waals surface area contributed by atoms with Crippen LogP contribution in [0.2, 0.25) is 0 Å². The molecule has 21 heavy (non-hydrogen) atoms. The van der Waals surface area contributed by atoms with Gasteiger partial charge in [0.2, 0.25) is 11.8 Å². The highest BCUT2D eigenvalue weighted by Gasteiger charge is 2.72. The number of imide groups is 1. The Morgan fingerprint density at radius 1 is 1.19 bits per heavy atom. The Balaban J connectivity index is 1.78. The van der Waals surface area contributed by atoms with E-state index in [9.17, 15) is 23.2 Å².